The molecular formula is C20H21F4NO3. The van der Waals surface area contributed by atoms with Crippen LogP contribution in [-0.4, -0.2) is 41.6 Å². The second kappa shape index (κ2) is 6.60. The molecule has 28 heavy (non-hydrogen) atoms. The molecule has 1 spiro atoms. The third kappa shape index (κ3) is 4.20. The zero-order valence-electron chi connectivity index (χ0n) is 15.8. The average molecular weight is 399 g/mol. The molecule has 1 saturated carbocycles. The third-order valence-electron chi connectivity index (χ3n) is 4.77. The van der Waals surface area contributed by atoms with Crippen molar-refractivity contribution in [3.8, 4) is 0 Å². The Hall–Kier alpha value is -2.38. The van der Waals surface area contributed by atoms with E-state index in [4.69, 9.17) is 4.74 Å². The molecule has 1 saturated heterocycles. The average Bonchev–Trinajstić information content (AvgIpc) is 2.44. The van der Waals surface area contributed by atoms with Crippen LogP contribution < -0.4 is 0 Å². The quantitative estimate of drug-likeness (QED) is 0.520. The van der Waals surface area contributed by atoms with Crippen molar-refractivity contribution in [1.29, 1.82) is 0 Å². The maximum Gasteiger partial charge on any atom is 0.454 e. The lowest BCUT2D eigenvalue weighted by Gasteiger charge is -2.56. The Morgan fingerprint density at radius 2 is 1.75 bits per heavy atom. The van der Waals surface area contributed by atoms with Crippen LogP contribution in [0, 0.1) is 11.2 Å². The van der Waals surface area contributed by atoms with Gasteiger partial charge >= 0.3 is 12.3 Å². The molecule has 1 aromatic rings. The van der Waals surface area contributed by atoms with Gasteiger partial charge in [-0.25, -0.2) is 9.18 Å². The number of allylic oxidation sites excluding steroid dienone is 1. The molecule has 1 aromatic carbocycles. The number of likely N-dealkylation sites (tertiary alicyclic amines) is 1. The van der Waals surface area contributed by atoms with Crippen LogP contribution in [0.2, 0.25) is 0 Å². The molecule has 1 aliphatic carbocycles. The number of hydrogen-bond acceptors (Lipinski definition) is 3. The number of benzene rings is 1. The summed E-state index contributed by atoms with van der Waals surface area (Å²) in [6, 6.07) is 3.10. The highest BCUT2D eigenvalue weighted by atomic mass is 19.4. The highest BCUT2D eigenvalue weighted by molar-refractivity contribution is 6.00. The Bertz CT molecular complexity index is 836. The van der Waals surface area contributed by atoms with Crippen LogP contribution in [0.5, 0.6) is 0 Å². The number of rotatable bonds is 2. The summed E-state index contributed by atoms with van der Waals surface area (Å²) < 4.78 is 56.5. The van der Waals surface area contributed by atoms with Gasteiger partial charge in [0, 0.05) is 18.5 Å². The molecule has 1 amide bonds. The summed E-state index contributed by atoms with van der Waals surface area (Å²) in [5, 5.41) is 0. The largest absolute Gasteiger partial charge is 0.454 e. The summed E-state index contributed by atoms with van der Waals surface area (Å²) in [4.78, 5) is 24.8. The fourth-order valence-corrected chi connectivity index (χ4v) is 3.65. The first-order valence-electron chi connectivity index (χ1n) is 8.87. The van der Waals surface area contributed by atoms with Crippen molar-refractivity contribution in [3.05, 3.63) is 40.7 Å². The molecule has 0 unspecified atom stereocenters. The van der Waals surface area contributed by atoms with Crippen LogP contribution >= 0.6 is 0 Å². The monoisotopic (exact) mass is 399 g/mol. The Morgan fingerprint density at radius 1 is 1.14 bits per heavy atom. The summed E-state index contributed by atoms with van der Waals surface area (Å²) >= 11 is 0. The standard InChI is InChI=1S/C20H21F4NO3/c1-18(2,3)28-17(27)25-10-19(11-25)8-13(9-19)6-12-4-5-14(15(21)7-12)16(26)20(22,23)24/h4-7H,8-11H2,1-3H3. The molecule has 2 fully saturated rings. The van der Waals surface area contributed by atoms with Crippen molar-refractivity contribution < 1.29 is 31.9 Å². The molecule has 2 aliphatic rings. The maximum atomic E-state index is 13.9. The highest BCUT2D eigenvalue weighted by Crippen LogP contribution is 2.52. The number of amides is 1. The van der Waals surface area contributed by atoms with Crippen molar-refractivity contribution in [2.24, 2.45) is 5.41 Å². The normalized spacial score (nSPS) is 18.4. The lowest BCUT2D eigenvalue weighted by molar-refractivity contribution is -0.0887. The molecule has 1 heterocycles. The van der Waals surface area contributed by atoms with Gasteiger partial charge in [-0.3, -0.25) is 4.79 Å². The van der Waals surface area contributed by atoms with Gasteiger partial charge in [-0.2, -0.15) is 13.2 Å². The smallest absolute Gasteiger partial charge is 0.444 e. The lowest BCUT2D eigenvalue weighted by Crippen LogP contribution is -2.62. The van der Waals surface area contributed by atoms with Gasteiger partial charge in [0.25, 0.3) is 5.78 Å². The minimum atomic E-state index is -5.11. The first kappa shape index (κ1) is 20.4. The van der Waals surface area contributed by atoms with Crippen LogP contribution in [0.15, 0.2) is 23.8 Å². The van der Waals surface area contributed by atoms with Crippen molar-refractivity contribution in [3.63, 3.8) is 0 Å². The zero-order valence-corrected chi connectivity index (χ0v) is 15.8. The molecule has 0 N–H and O–H groups in total. The fourth-order valence-electron chi connectivity index (χ4n) is 3.65. The number of ether oxygens (including phenoxy) is 1. The first-order valence-corrected chi connectivity index (χ1v) is 8.87. The van der Waals surface area contributed by atoms with Crippen LogP contribution in [-0.2, 0) is 4.74 Å². The van der Waals surface area contributed by atoms with Crippen LogP contribution in [0.1, 0.15) is 49.5 Å². The zero-order chi connectivity index (χ0) is 20.9. The Morgan fingerprint density at radius 3 is 2.25 bits per heavy atom. The number of nitrogens with zero attached hydrogens (tertiary/aromatic N) is 1. The van der Waals surface area contributed by atoms with E-state index in [9.17, 15) is 27.2 Å². The predicted molar refractivity (Wildman–Crippen MR) is 94.2 cm³/mol. The van der Waals surface area contributed by atoms with Crippen LogP contribution in [0.4, 0.5) is 22.4 Å². The van der Waals surface area contributed by atoms with Crippen molar-refractivity contribution >= 4 is 18.0 Å². The highest BCUT2D eigenvalue weighted by Gasteiger charge is 2.52. The fraction of sp³-hybridized carbons (Fsp3) is 0.500. The molecule has 0 bridgehead atoms. The SMILES string of the molecule is CC(C)(C)OC(=O)N1CC2(CC(=Cc3ccc(C(=O)C(F)(F)F)c(F)c3)C2)C1. The summed E-state index contributed by atoms with van der Waals surface area (Å²) in [6.07, 6.45) is -2.27. The van der Waals surface area contributed by atoms with Gasteiger partial charge in [0.05, 0.1) is 5.56 Å². The van der Waals surface area contributed by atoms with E-state index in [1.165, 1.54) is 6.07 Å². The number of halogens is 4. The molecule has 0 aromatic heterocycles. The number of carbonyl (C=O) groups is 2. The van der Waals surface area contributed by atoms with Crippen molar-refractivity contribution in [2.75, 3.05) is 13.1 Å². The van der Waals surface area contributed by atoms with E-state index in [1.807, 2.05) is 0 Å². The predicted octanol–water partition coefficient (Wildman–Crippen LogP) is 4.99. The van der Waals surface area contributed by atoms with E-state index < -0.39 is 28.9 Å². The topological polar surface area (TPSA) is 46.6 Å². The molecule has 8 heteroatoms. The summed E-state index contributed by atoms with van der Waals surface area (Å²) in [6.45, 7) is 6.59. The number of Topliss-reactive ketones (excluding diaryl/α,β-unsaturated/α-hetero) is 1. The van der Waals surface area contributed by atoms with Gasteiger partial charge in [-0.1, -0.05) is 17.7 Å². The van der Waals surface area contributed by atoms with Crippen molar-refractivity contribution in [2.45, 2.75) is 45.4 Å². The van der Waals surface area contributed by atoms with E-state index in [0.29, 0.717) is 18.7 Å². The minimum absolute atomic E-state index is 0.00741. The molecule has 3 rings (SSSR count). The maximum absolute atomic E-state index is 13.9. The van der Waals surface area contributed by atoms with E-state index >= 15 is 0 Å². The molecule has 4 nitrogen and oxygen atoms in total. The molecule has 152 valence electrons. The van der Waals surface area contributed by atoms with Crippen LogP contribution in [0.3, 0.4) is 0 Å². The Balaban J connectivity index is 1.58. The van der Waals surface area contributed by atoms with E-state index in [1.54, 1.807) is 31.7 Å². The molecular weight excluding hydrogens is 378 g/mol. The second-order valence-corrected chi connectivity index (χ2v) is 8.56. The van der Waals surface area contributed by atoms with E-state index in [0.717, 1.165) is 30.5 Å². The van der Waals surface area contributed by atoms with E-state index in [2.05, 4.69) is 0 Å². The van der Waals surface area contributed by atoms with Gasteiger partial charge in [0.15, 0.2) is 0 Å². The van der Waals surface area contributed by atoms with Gasteiger partial charge in [0.2, 0.25) is 0 Å². The number of carbonyl (C=O) groups excluding carboxylic acids is 2. The molecule has 1 aliphatic heterocycles. The van der Waals surface area contributed by atoms with Gasteiger partial charge in [-0.05, 0) is 51.3 Å². The van der Waals surface area contributed by atoms with Crippen molar-refractivity contribution in [1.82, 2.24) is 4.90 Å². The van der Waals surface area contributed by atoms with Crippen LogP contribution in [0.25, 0.3) is 6.08 Å². The number of alkyl halides is 3. The summed E-state index contributed by atoms with van der Waals surface area (Å²) in [5.41, 5.74) is -0.0869. The lowest BCUT2D eigenvalue weighted by atomic mass is 9.60. The minimum Gasteiger partial charge on any atom is -0.444 e. The number of hydrogen-bond donors (Lipinski definition) is 0. The second-order valence-electron chi connectivity index (χ2n) is 8.56. The number of ketones is 1. The Labute approximate surface area is 160 Å². The summed E-state index contributed by atoms with van der Waals surface area (Å²) in [7, 11) is 0. The Kier molecular flexibility index (Phi) is 4.80. The van der Waals surface area contributed by atoms with Gasteiger partial charge < -0.3 is 9.64 Å². The van der Waals surface area contributed by atoms with E-state index in [-0.39, 0.29) is 11.5 Å². The summed E-state index contributed by atoms with van der Waals surface area (Å²) in [5.74, 6) is -3.38. The molecule has 0 atom stereocenters. The van der Waals surface area contributed by atoms with Gasteiger partial charge in [0.1, 0.15) is 11.4 Å². The first-order chi connectivity index (χ1) is 12.8. The molecule has 0 radical (unpaired) electrons. The third-order valence-corrected chi connectivity index (χ3v) is 4.77. The van der Waals surface area contributed by atoms with Gasteiger partial charge in [-0.15, -0.1) is 0 Å².